The highest BCUT2D eigenvalue weighted by Crippen LogP contribution is 2.20. The number of nitrogens with two attached hydrogens (primary N) is 1. The number of nitrogens with one attached hydrogen (secondary N) is 1. The fourth-order valence-corrected chi connectivity index (χ4v) is 2.20. The Balaban J connectivity index is 2.00. The summed E-state index contributed by atoms with van der Waals surface area (Å²) >= 11 is 1.37. The molecule has 3 aromatic heterocycles. The smallest absolute Gasteiger partial charge is 0.248 e. The van der Waals surface area contributed by atoms with E-state index in [0.29, 0.717) is 11.8 Å². The van der Waals surface area contributed by atoms with Crippen LogP contribution < -0.4 is 11.1 Å². The lowest BCUT2D eigenvalue weighted by molar-refractivity contribution is 0.918. The Morgan fingerprint density at radius 3 is 3.12 bits per heavy atom. The summed E-state index contributed by atoms with van der Waals surface area (Å²) in [4.78, 5) is 4.19. The lowest BCUT2D eigenvalue weighted by Crippen LogP contribution is -2.04. The number of aryl methyl sites for hydroxylation is 1. The van der Waals surface area contributed by atoms with Crippen molar-refractivity contribution < 1.29 is 0 Å². The molecule has 3 N–H and O–H groups in total. The molecule has 0 aliphatic rings. The predicted octanol–water partition coefficient (Wildman–Crippen LogP) is 1.82. The van der Waals surface area contributed by atoms with Gasteiger partial charge in [0, 0.05) is 6.20 Å². The molecule has 3 heterocycles. The van der Waals surface area contributed by atoms with E-state index in [1.165, 1.54) is 11.5 Å². The number of aromatic nitrogens is 4. The molecule has 3 rings (SSSR count). The highest BCUT2D eigenvalue weighted by Gasteiger charge is 2.06. The van der Waals surface area contributed by atoms with Crippen LogP contribution in [-0.4, -0.2) is 19.0 Å². The number of anilines is 3. The third kappa shape index (κ3) is 1.80. The molecule has 17 heavy (non-hydrogen) atoms. The Kier molecular flexibility index (Phi) is 2.19. The summed E-state index contributed by atoms with van der Waals surface area (Å²) in [5.74, 6) is 0.920. The molecule has 0 bridgehead atoms. The van der Waals surface area contributed by atoms with E-state index in [9.17, 15) is 0 Å². The van der Waals surface area contributed by atoms with Crippen molar-refractivity contribution in [1.29, 1.82) is 0 Å². The molecule has 0 aromatic carbocycles. The monoisotopic (exact) mass is 246 g/mol. The van der Waals surface area contributed by atoms with Gasteiger partial charge in [-0.15, -0.1) is 5.10 Å². The molecule has 0 saturated carbocycles. The number of hydrogen-bond donors (Lipinski definition) is 2. The molecule has 0 unspecified atom stereocenters. The second kappa shape index (κ2) is 3.70. The first-order valence-corrected chi connectivity index (χ1v) is 5.81. The van der Waals surface area contributed by atoms with Crippen molar-refractivity contribution in [2.75, 3.05) is 11.1 Å². The van der Waals surface area contributed by atoms with Gasteiger partial charge in [0.05, 0.1) is 5.69 Å². The number of rotatable bonds is 2. The highest BCUT2D eigenvalue weighted by molar-refractivity contribution is 7.10. The van der Waals surface area contributed by atoms with Gasteiger partial charge in [0.2, 0.25) is 5.95 Å². The minimum absolute atomic E-state index is 0.453. The summed E-state index contributed by atoms with van der Waals surface area (Å²) in [5, 5.41) is 8.27. The molecular formula is C10H10N6S. The molecule has 7 heteroatoms. The van der Waals surface area contributed by atoms with Gasteiger partial charge in [-0.3, -0.25) is 0 Å². The second-order valence-electron chi connectivity index (χ2n) is 3.62. The molecular weight excluding hydrogens is 236 g/mol. The molecule has 0 aliphatic carbocycles. The van der Waals surface area contributed by atoms with Gasteiger partial charge in [-0.1, -0.05) is 0 Å². The van der Waals surface area contributed by atoms with Gasteiger partial charge >= 0.3 is 0 Å². The number of fused-ring (bicyclic) bond motifs is 1. The van der Waals surface area contributed by atoms with Gasteiger partial charge in [0.1, 0.15) is 10.5 Å². The quantitative estimate of drug-likeness (QED) is 0.720. The summed E-state index contributed by atoms with van der Waals surface area (Å²) in [6.45, 7) is 1.94. The van der Waals surface area contributed by atoms with E-state index in [-0.39, 0.29) is 0 Å². The number of nitrogen functional groups attached to an aromatic ring is 1. The average molecular weight is 246 g/mol. The third-order valence-corrected chi connectivity index (χ3v) is 3.08. The van der Waals surface area contributed by atoms with Crippen LogP contribution in [-0.2, 0) is 0 Å². The van der Waals surface area contributed by atoms with Gasteiger partial charge in [0.25, 0.3) is 0 Å². The third-order valence-electron chi connectivity index (χ3n) is 2.28. The van der Waals surface area contributed by atoms with Gasteiger partial charge < -0.3 is 11.1 Å². The molecule has 0 atom stereocenters. The largest absolute Gasteiger partial charge is 0.382 e. The SMILES string of the molecule is Cc1cc(Nc2nc(N)c3cccn3n2)sn1. The lowest BCUT2D eigenvalue weighted by Gasteiger charge is -2.03. The normalized spacial score (nSPS) is 10.9. The van der Waals surface area contributed by atoms with Crippen LogP contribution in [0.3, 0.4) is 0 Å². The Labute approximate surface area is 101 Å². The van der Waals surface area contributed by atoms with Crippen LogP contribution in [0.15, 0.2) is 24.4 Å². The van der Waals surface area contributed by atoms with Crippen LogP contribution in [0.2, 0.25) is 0 Å². The molecule has 0 radical (unpaired) electrons. The molecule has 0 amide bonds. The Morgan fingerprint density at radius 2 is 2.35 bits per heavy atom. The van der Waals surface area contributed by atoms with Crippen LogP contribution in [0, 0.1) is 6.92 Å². The van der Waals surface area contributed by atoms with Gasteiger partial charge in [-0.25, -0.2) is 4.52 Å². The van der Waals surface area contributed by atoms with Crippen LogP contribution >= 0.6 is 11.5 Å². The fraction of sp³-hybridized carbons (Fsp3) is 0.100. The summed E-state index contributed by atoms with van der Waals surface area (Å²) in [7, 11) is 0. The van der Waals surface area contributed by atoms with Gasteiger partial charge in [0.15, 0.2) is 5.82 Å². The van der Waals surface area contributed by atoms with Crippen LogP contribution in [0.1, 0.15) is 5.69 Å². The first-order chi connectivity index (χ1) is 8.22. The first kappa shape index (κ1) is 10.0. The average Bonchev–Trinajstić information content (AvgIpc) is 2.87. The van der Waals surface area contributed by atoms with E-state index in [1.807, 2.05) is 31.3 Å². The molecule has 6 nitrogen and oxygen atoms in total. The summed E-state index contributed by atoms with van der Waals surface area (Å²) in [5.41, 5.74) is 7.60. The maximum absolute atomic E-state index is 5.84. The van der Waals surface area contributed by atoms with Crippen molar-refractivity contribution in [1.82, 2.24) is 19.0 Å². The van der Waals surface area contributed by atoms with E-state index >= 15 is 0 Å². The molecule has 3 aromatic rings. The minimum Gasteiger partial charge on any atom is -0.382 e. The van der Waals surface area contributed by atoms with Crippen molar-refractivity contribution in [3.63, 3.8) is 0 Å². The lowest BCUT2D eigenvalue weighted by atomic mass is 10.5. The van der Waals surface area contributed by atoms with Crippen molar-refractivity contribution in [2.24, 2.45) is 0 Å². The maximum atomic E-state index is 5.84. The molecule has 0 spiro atoms. The van der Waals surface area contributed by atoms with Crippen LogP contribution in [0.5, 0.6) is 0 Å². The van der Waals surface area contributed by atoms with Gasteiger partial charge in [-0.2, -0.15) is 9.36 Å². The Morgan fingerprint density at radius 1 is 1.47 bits per heavy atom. The van der Waals surface area contributed by atoms with Crippen molar-refractivity contribution in [2.45, 2.75) is 6.92 Å². The van der Waals surface area contributed by atoms with Crippen LogP contribution in [0.25, 0.3) is 5.52 Å². The molecule has 0 saturated heterocycles. The maximum Gasteiger partial charge on any atom is 0.248 e. The van der Waals surface area contributed by atoms with E-state index in [1.54, 1.807) is 4.52 Å². The summed E-state index contributed by atoms with van der Waals surface area (Å²) in [6.07, 6.45) is 1.83. The molecule has 0 fully saturated rings. The predicted molar refractivity (Wildman–Crippen MR) is 67.5 cm³/mol. The first-order valence-electron chi connectivity index (χ1n) is 5.03. The Hall–Kier alpha value is -2.15. The van der Waals surface area contributed by atoms with Crippen molar-refractivity contribution >= 4 is 33.8 Å². The fourth-order valence-electron chi connectivity index (χ4n) is 1.54. The van der Waals surface area contributed by atoms with Crippen molar-refractivity contribution in [3.8, 4) is 0 Å². The second-order valence-corrected chi connectivity index (χ2v) is 4.42. The van der Waals surface area contributed by atoms with E-state index in [4.69, 9.17) is 5.73 Å². The zero-order valence-electron chi connectivity index (χ0n) is 9.08. The summed E-state index contributed by atoms with van der Waals surface area (Å²) in [6, 6.07) is 5.68. The molecule has 86 valence electrons. The summed E-state index contributed by atoms with van der Waals surface area (Å²) < 4.78 is 5.87. The highest BCUT2D eigenvalue weighted by atomic mass is 32.1. The zero-order chi connectivity index (χ0) is 11.8. The van der Waals surface area contributed by atoms with E-state index in [2.05, 4.69) is 19.8 Å². The number of hydrogen-bond acceptors (Lipinski definition) is 6. The zero-order valence-corrected chi connectivity index (χ0v) is 9.90. The van der Waals surface area contributed by atoms with E-state index in [0.717, 1.165) is 16.2 Å². The van der Waals surface area contributed by atoms with Gasteiger partial charge in [-0.05, 0) is 36.7 Å². The molecule has 0 aliphatic heterocycles. The van der Waals surface area contributed by atoms with E-state index < -0.39 is 0 Å². The van der Waals surface area contributed by atoms with Crippen molar-refractivity contribution in [3.05, 3.63) is 30.1 Å². The minimum atomic E-state index is 0.453. The van der Waals surface area contributed by atoms with Crippen LogP contribution in [0.4, 0.5) is 16.8 Å². The standard InChI is InChI=1S/C10H10N6S/c1-6-5-8(17-15-6)12-10-13-9(11)7-3-2-4-16(7)14-10/h2-5H,1H3,(H3,11,12,13,14). The number of nitrogens with zero attached hydrogens (tertiary/aromatic N) is 4. The topological polar surface area (TPSA) is 81.1 Å². The Bertz CT molecular complexity index is 670.